The zero-order chi connectivity index (χ0) is 15.6. The van der Waals surface area contributed by atoms with Gasteiger partial charge in [0.1, 0.15) is 12.1 Å². The van der Waals surface area contributed by atoms with Crippen molar-refractivity contribution in [2.45, 2.75) is 26.2 Å². The van der Waals surface area contributed by atoms with Gasteiger partial charge in [-0.1, -0.05) is 44.5 Å². The van der Waals surface area contributed by atoms with Crippen molar-refractivity contribution in [1.82, 2.24) is 9.97 Å². The third-order valence-electron chi connectivity index (χ3n) is 2.84. The number of halogens is 1. The Balaban J connectivity index is 2.40. The maximum Gasteiger partial charge on any atom is 0.368 e. The molecule has 0 unspecified atom stereocenters. The summed E-state index contributed by atoms with van der Waals surface area (Å²) in [4.78, 5) is 17.7. The maximum atomic E-state index is 11.0. The van der Waals surface area contributed by atoms with E-state index in [-0.39, 0.29) is 16.4 Å². The molecule has 0 fully saturated rings. The summed E-state index contributed by atoms with van der Waals surface area (Å²) in [5.74, 6) is 0.284. The lowest BCUT2D eigenvalue weighted by molar-refractivity contribution is -0.386. The molecule has 0 atom stereocenters. The van der Waals surface area contributed by atoms with E-state index in [0.29, 0.717) is 5.75 Å². The smallest absolute Gasteiger partial charge is 0.368 e. The standard InChI is InChI=1S/C14H14ClN3O3/c1-14(2,3)9-5-4-6-10(7-9)21-13-11(18(19)20)12(15)16-8-17-13/h4-8H,1-3H3. The molecule has 0 radical (unpaired) electrons. The van der Waals surface area contributed by atoms with Crippen LogP contribution in [0.25, 0.3) is 0 Å². The Morgan fingerprint density at radius 3 is 2.62 bits per heavy atom. The van der Waals surface area contributed by atoms with Crippen LogP contribution in [-0.4, -0.2) is 14.9 Å². The van der Waals surface area contributed by atoms with E-state index in [2.05, 4.69) is 30.7 Å². The van der Waals surface area contributed by atoms with Crippen LogP contribution in [-0.2, 0) is 5.41 Å². The number of ether oxygens (including phenoxy) is 1. The van der Waals surface area contributed by atoms with Gasteiger partial charge in [-0.2, -0.15) is 4.98 Å². The van der Waals surface area contributed by atoms with Crippen molar-refractivity contribution in [3.8, 4) is 11.6 Å². The van der Waals surface area contributed by atoms with Gasteiger partial charge in [0.25, 0.3) is 0 Å². The largest absolute Gasteiger partial charge is 0.434 e. The Kier molecular flexibility index (Phi) is 4.09. The fourth-order valence-electron chi connectivity index (χ4n) is 1.71. The minimum absolute atomic E-state index is 0.0609. The molecule has 6 nitrogen and oxygen atoms in total. The van der Waals surface area contributed by atoms with Crippen LogP contribution in [0.2, 0.25) is 5.15 Å². The van der Waals surface area contributed by atoms with E-state index >= 15 is 0 Å². The second-order valence-electron chi connectivity index (χ2n) is 5.46. The molecule has 7 heteroatoms. The van der Waals surface area contributed by atoms with E-state index in [1.807, 2.05) is 18.2 Å². The third-order valence-corrected chi connectivity index (χ3v) is 3.12. The molecular weight excluding hydrogens is 294 g/mol. The molecular formula is C14H14ClN3O3. The molecule has 0 spiro atoms. The van der Waals surface area contributed by atoms with Crippen molar-refractivity contribution in [2.75, 3.05) is 0 Å². The van der Waals surface area contributed by atoms with Crippen molar-refractivity contribution < 1.29 is 9.66 Å². The maximum absolute atomic E-state index is 11.0. The van der Waals surface area contributed by atoms with Gasteiger partial charge in [0, 0.05) is 0 Å². The summed E-state index contributed by atoms with van der Waals surface area (Å²) in [6.07, 6.45) is 1.12. The topological polar surface area (TPSA) is 78.2 Å². The van der Waals surface area contributed by atoms with Crippen LogP contribution in [0.5, 0.6) is 11.6 Å². The molecule has 2 rings (SSSR count). The van der Waals surface area contributed by atoms with Crippen LogP contribution in [0.15, 0.2) is 30.6 Å². The first kappa shape index (κ1) is 15.2. The highest BCUT2D eigenvalue weighted by Crippen LogP contribution is 2.34. The number of hydrogen-bond donors (Lipinski definition) is 0. The Hall–Kier alpha value is -2.21. The lowest BCUT2D eigenvalue weighted by Crippen LogP contribution is -2.10. The van der Waals surface area contributed by atoms with E-state index in [9.17, 15) is 10.1 Å². The summed E-state index contributed by atoms with van der Waals surface area (Å²) in [7, 11) is 0. The summed E-state index contributed by atoms with van der Waals surface area (Å²) < 4.78 is 5.51. The lowest BCUT2D eigenvalue weighted by atomic mass is 9.87. The van der Waals surface area contributed by atoms with E-state index in [4.69, 9.17) is 16.3 Å². The van der Waals surface area contributed by atoms with Crippen molar-refractivity contribution in [3.05, 3.63) is 51.4 Å². The average Bonchev–Trinajstić information content (AvgIpc) is 2.37. The van der Waals surface area contributed by atoms with Gasteiger partial charge in [0.05, 0.1) is 4.92 Å². The van der Waals surface area contributed by atoms with Gasteiger partial charge in [-0.05, 0) is 23.1 Å². The number of hydrogen-bond acceptors (Lipinski definition) is 5. The minimum atomic E-state index is -0.661. The Morgan fingerprint density at radius 2 is 2.00 bits per heavy atom. The van der Waals surface area contributed by atoms with Gasteiger partial charge in [-0.25, -0.2) is 4.98 Å². The number of nitro groups is 1. The van der Waals surface area contributed by atoms with Crippen LogP contribution < -0.4 is 4.74 Å². The first-order chi connectivity index (χ1) is 9.79. The predicted octanol–water partition coefficient (Wildman–Crippen LogP) is 4.13. The van der Waals surface area contributed by atoms with Gasteiger partial charge < -0.3 is 4.74 Å². The third kappa shape index (κ3) is 3.46. The van der Waals surface area contributed by atoms with Crippen molar-refractivity contribution in [3.63, 3.8) is 0 Å². The molecule has 1 heterocycles. The Morgan fingerprint density at radius 1 is 1.29 bits per heavy atom. The normalized spacial score (nSPS) is 11.2. The van der Waals surface area contributed by atoms with Gasteiger partial charge >= 0.3 is 11.6 Å². The number of aromatic nitrogens is 2. The fraction of sp³-hybridized carbons (Fsp3) is 0.286. The van der Waals surface area contributed by atoms with Crippen LogP contribution in [0.1, 0.15) is 26.3 Å². The van der Waals surface area contributed by atoms with Gasteiger partial charge in [0.2, 0.25) is 5.15 Å². The molecule has 1 aromatic heterocycles. The molecule has 110 valence electrons. The predicted molar refractivity (Wildman–Crippen MR) is 78.9 cm³/mol. The first-order valence-electron chi connectivity index (χ1n) is 6.22. The number of rotatable bonds is 3. The highest BCUT2D eigenvalue weighted by molar-refractivity contribution is 6.31. The monoisotopic (exact) mass is 307 g/mol. The Bertz CT molecular complexity index is 683. The lowest BCUT2D eigenvalue weighted by Gasteiger charge is -2.19. The first-order valence-corrected chi connectivity index (χ1v) is 6.60. The molecule has 0 aliphatic heterocycles. The zero-order valence-electron chi connectivity index (χ0n) is 11.8. The van der Waals surface area contributed by atoms with Crippen LogP contribution in [0.3, 0.4) is 0 Å². The molecule has 1 aromatic carbocycles. The molecule has 0 saturated heterocycles. The second-order valence-corrected chi connectivity index (χ2v) is 5.81. The van der Waals surface area contributed by atoms with Crippen LogP contribution in [0.4, 0.5) is 5.69 Å². The van der Waals surface area contributed by atoms with E-state index in [1.165, 1.54) is 0 Å². The van der Waals surface area contributed by atoms with Gasteiger partial charge in [0.15, 0.2) is 0 Å². The average molecular weight is 308 g/mol. The van der Waals surface area contributed by atoms with Gasteiger partial charge in [-0.3, -0.25) is 10.1 Å². The van der Waals surface area contributed by atoms with Crippen LogP contribution in [0, 0.1) is 10.1 Å². The van der Waals surface area contributed by atoms with Crippen LogP contribution >= 0.6 is 11.6 Å². The van der Waals surface area contributed by atoms with E-state index in [0.717, 1.165) is 11.9 Å². The second kappa shape index (κ2) is 5.65. The summed E-state index contributed by atoms with van der Waals surface area (Å²) in [6.45, 7) is 6.20. The Labute approximate surface area is 126 Å². The molecule has 0 N–H and O–H groups in total. The molecule has 2 aromatic rings. The molecule has 21 heavy (non-hydrogen) atoms. The molecule has 0 saturated carbocycles. The summed E-state index contributed by atoms with van der Waals surface area (Å²) in [6, 6.07) is 7.31. The summed E-state index contributed by atoms with van der Waals surface area (Å²) in [5, 5.41) is 10.8. The fourth-order valence-corrected chi connectivity index (χ4v) is 1.90. The quantitative estimate of drug-likeness (QED) is 0.484. The molecule has 0 amide bonds. The SMILES string of the molecule is CC(C)(C)c1cccc(Oc2ncnc(Cl)c2[N+](=O)[O-])c1. The van der Waals surface area contributed by atoms with E-state index < -0.39 is 10.6 Å². The number of benzene rings is 1. The highest BCUT2D eigenvalue weighted by atomic mass is 35.5. The van der Waals surface area contributed by atoms with Gasteiger partial charge in [-0.15, -0.1) is 0 Å². The van der Waals surface area contributed by atoms with Crippen molar-refractivity contribution in [1.29, 1.82) is 0 Å². The minimum Gasteiger partial charge on any atom is -0.434 e. The molecule has 0 aliphatic carbocycles. The molecule has 0 aliphatic rings. The highest BCUT2D eigenvalue weighted by Gasteiger charge is 2.24. The van der Waals surface area contributed by atoms with Crippen molar-refractivity contribution in [2.24, 2.45) is 0 Å². The van der Waals surface area contributed by atoms with E-state index in [1.54, 1.807) is 6.07 Å². The summed E-state index contributed by atoms with van der Waals surface area (Å²) >= 11 is 5.72. The summed E-state index contributed by atoms with van der Waals surface area (Å²) in [5.41, 5.74) is 0.539. The molecule has 0 bridgehead atoms. The zero-order valence-corrected chi connectivity index (χ0v) is 12.6. The number of nitrogens with zero attached hydrogens (tertiary/aromatic N) is 3. The van der Waals surface area contributed by atoms with Crippen molar-refractivity contribution >= 4 is 17.3 Å².